The van der Waals surface area contributed by atoms with Crippen LogP contribution in [0.3, 0.4) is 0 Å². The molecule has 2 aromatic heterocycles. The van der Waals surface area contributed by atoms with Crippen molar-refractivity contribution in [3.8, 4) is 0 Å². The Morgan fingerprint density at radius 1 is 1.09 bits per heavy atom. The molecule has 4 rings (SSSR count). The Morgan fingerprint density at radius 2 is 1.88 bits per heavy atom. The van der Waals surface area contributed by atoms with Gasteiger partial charge in [-0.15, -0.1) is 0 Å². The van der Waals surface area contributed by atoms with E-state index in [0.717, 1.165) is 22.2 Å². The Hall–Kier alpha value is -2.43. The summed E-state index contributed by atoms with van der Waals surface area (Å²) in [4.78, 5) is 9.21. The molecule has 2 aromatic carbocycles. The number of sulfonamides is 1. The highest BCUT2D eigenvalue weighted by Crippen LogP contribution is 2.30. The van der Waals surface area contributed by atoms with E-state index in [4.69, 9.17) is 38.7 Å². The van der Waals surface area contributed by atoms with Crippen LogP contribution in [0, 0.1) is 0 Å². The lowest BCUT2D eigenvalue weighted by molar-refractivity contribution is 0.199. The summed E-state index contributed by atoms with van der Waals surface area (Å²) in [5.74, 6) is 1.24. The van der Waals surface area contributed by atoms with E-state index in [1.165, 1.54) is 6.07 Å². The SMILES string of the molecule is COCCc1nc2c(N)nc3ccccc3c2n1CCCCNS(=O)(=O)c1cccc(Cl)c1Cl. The first kappa shape index (κ1) is 24.7. The molecule has 0 aliphatic heterocycles. The second kappa shape index (κ2) is 10.5. The highest BCUT2D eigenvalue weighted by molar-refractivity contribution is 7.89. The summed E-state index contributed by atoms with van der Waals surface area (Å²) >= 11 is 12.0. The smallest absolute Gasteiger partial charge is 0.242 e. The maximum atomic E-state index is 12.6. The van der Waals surface area contributed by atoms with Gasteiger partial charge in [0.2, 0.25) is 10.0 Å². The summed E-state index contributed by atoms with van der Waals surface area (Å²) in [6.07, 6.45) is 1.95. The first-order chi connectivity index (χ1) is 16.3. The molecule has 0 radical (unpaired) electrons. The predicted molar refractivity (Wildman–Crippen MR) is 136 cm³/mol. The molecule has 0 saturated carbocycles. The van der Waals surface area contributed by atoms with E-state index < -0.39 is 10.0 Å². The van der Waals surface area contributed by atoms with Crippen LogP contribution in [0.4, 0.5) is 5.82 Å². The molecule has 180 valence electrons. The number of para-hydroxylation sites is 1. The monoisotopic (exact) mass is 521 g/mol. The number of ether oxygens (including phenoxy) is 1. The number of aromatic nitrogens is 3. The molecule has 0 unspecified atom stereocenters. The molecular formula is C23H25Cl2N5O3S. The van der Waals surface area contributed by atoms with E-state index in [0.29, 0.717) is 43.7 Å². The number of methoxy groups -OCH3 is 1. The van der Waals surface area contributed by atoms with Gasteiger partial charge in [0.05, 0.1) is 27.7 Å². The zero-order chi connectivity index (χ0) is 24.3. The number of rotatable bonds is 10. The summed E-state index contributed by atoms with van der Waals surface area (Å²) in [5.41, 5.74) is 8.62. The van der Waals surface area contributed by atoms with Crippen molar-refractivity contribution in [3.63, 3.8) is 0 Å². The molecule has 0 saturated heterocycles. The Labute approximate surface area is 208 Å². The van der Waals surface area contributed by atoms with Crippen molar-refractivity contribution in [2.45, 2.75) is 30.7 Å². The van der Waals surface area contributed by atoms with Crippen LogP contribution in [0.25, 0.3) is 21.9 Å². The number of fused-ring (bicyclic) bond motifs is 3. The van der Waals surface area contributed by atoms with Crippen molar-refractivity contribution in [2.24, 2.45) is 0 Å². The van der Waals surface area contributed by atoms with Crippen LogP contribution in [0.5, 0.6) is 0 Å². The zero-order valence-electron chi connectivity index (χ0n) is 18.6. The summed E-state index contributed by atoms with van der Waals surface area (Å²) in [5, 5.41) is 1.18. The van der Waals surface area contributed by atoms with Gasteiger partial charge in [0, 0.05) is 32.0 Å². The Balaban J connectivity index is 1.52. The molecule has 0 aliphatic rings. The van der Waals surface area contributed by atoms with Crippen LogP contribution in [-0.4, -0.2) is 43.2 Å². The van der Waals surface area contributed by atoms with Gasteiger partial charge in [0.1, 0.15) is 16.2 Å². The van der Waals surface area contributed by atoms with E-state index >= 15 is 0 Å². The number of aryl methyl sites for hydroxylation is 1. The molecule has 0 amide bonds. The van der Waals surface area contributed by atoms with Gasteiger partial charge < -0.3 is 15.0 Å². The Kier molecular flexibility index (Phi) is 7.59. The van der Waals surface area contributed by atoms with Crippen molar-refractivity contribution in [3.05, 3.63) is 58.3 Å². The summed E-state index contributed by atoms with van der Waals surface area (Å²) in [6, 6.07) is 12.3. The molecule has 0 atom stereocenters. The van der Waals surface area contributed by atoms with Gasteiger partial charge in [-0.05, 0) is 31.0 Å². The fraction of sp³-hybridized carbons (Fsp3) is 0.304. The van der Waals surface area contributed by atoms with Gasteiger partial charge >= 0.3 is 0 Å². The van der Waals surface area contributed by atoms with E-state index in [9.17, 15) is 8.42 Å². The average molecular weight is 522 g/mol. The molecule has 3 N–H and O–H groups in total. The maximum absolute atomic E-state index is 12.6. The van der Waals surface area contributed by atoms with Gasteiger partial charge in [-0.2, -0.15) is 0 Å². The van der Waals surface area contributed by atoms with Crippen molar-refractivity contribution in [1.82, 2.24) is 19.3 Å². The lowest BCUT2D eigenvalue weighted by atomic mass is 10.2. The average Bonchev–Trinajstić information content (AvgIpc) is 3.18. The van der Waals surface area contributed by atoms with E-state index in [1.54, 1.807) is 19.2 Å². The number of anilines is 1. The van der Waals surface area contributed by atoms with Crippen LogP contribution in [0.1, 0.15) is 18.7 Å². The number of imidazole rings is 1. The van der Waals surface area contributed by atoms with Crippen molar-refractivity contribution in [1.29, 1.82) is 0 Å². The molecular weight excluding hydrogens is 497 g/mol. The number of nitrogen functional groups attached to an aromatic ring is 1. The third-order valence-electron chi connectivity index (χ3n) is 5.53. The molecule has 34 heavy (non-hydrogen) atoms. The van der Waals surface area contributed by atoms with Crippen molar-refractivity contribution in [2.75, 3.05) is 26.0 Å². The van der Waals surface area contributed by atoms with Crippen LogP contribution in [0.15, 0.2) is 47.4 Å². The summed E-state index contributed by atoms with van der Waals surface area (Å²) in [7, 11) is -2.11. The fourth-order valence-corrected chi connectivity index (χ4v) is 5.73. The van der Waals surface area contributed by atoms with Gasteiger partial charge in [0.25, 0.3) is 0 Å². The number of nitrogens with two attached hydrogens (primary N) is 1. The fourth-order valence-electron chi connectivity index (χ4n) is 3.90. The van der Waals surface area contributed by atoms with Crippen molar-refractivity contribution < 1.29 is 13.2 Å². The standard InChI is InChI=1S/C23H25Cl2N5O3S/c1-33-14-11-19-29-21-22(15-7-2-3-9-17(15)28-23(21)26)30(19)13-5-4-12-27-34(31,32)18-10-6-8-16(24)20(18)25/h2-3,6-10,27H,4-5,11-14H2,1H3,(H2,26,28). The molecule has 11 heteroatoms. The molecule has 0 spiro atoms. The maximum Gasteiger partial charge on any atom is 0.242 e. The number of benzene rings is 2. The van der Waals surface area contributed by atoms with E-state index in [1.807, 2.05) is 24.3 Å². The molecule has 0 bridgehead atoms. The number of hydrogen-bond donors (Lipinski definition) is 2. The number of nitrogens with one attached hydrogen (secondary N) is 1. The predicted octanol–water partition coefficient (Wildman–Crippen LogP) is 4.42. The van der Waals surface area contributed by atoms with Gasteiger partial charge in [-0.1, -0.05) is 47.5 Å². The number of pyridine rings is 1. The highest BCUT2D eigenvalue weighted by Gasteiger charge is 2.20. The first-order valence-electron chi connectivity index (χ1n) is 10.8. The van der Waals surface area contributed by atoms with Crippen molar-refractivity contribution >= 4 is 61.0 Å². The molecule has 8 nitrogen and oxygen atoms in total. The van der Waals surface area contributed by atoms with Gasteiger partial charge in [-0.3, -0.25) is 0 Å². The number of halogens is 2. The second-order valence-electron chi connectivity index (χ2n) is 7.79. The van der Waals surface area contributed by atoms with Crippen LogP contribution in [-0.2, 0) is 27.7 Å². The van der Waals surface area contributed by atoms with Gasteiger partial charge in [-0.25, -0.2) is 23.1 Å². The number of nitrogens with zero attached hydrogens (tertiary/aromatic N) is 3. The summed E-state index contributed by atoms with van der Waals surface area (Å²) in [6.45, 7) is 1.42. The Morgan fingerprint density at radius 3 is 2.68 bits per heavy atom. The Bertz CT molecular complexity index is 1440. The summed E-state index contributed by atoms with van der Waals surface area (Å²) < 4.78 is 35.2. The largest absolute Gasteiger partial charge is 0.384 e. The zero-order valence-corrected chi connectivity index (χ0v) is 20.9. The topological polar surface area (TPSA) is 112 Å². The molecule has 2 heterocycles. The van der Waals surface area contributed by atoms with E-state index in [2.05, 4.69) is 14.3 Å². The molecule has 0 fully saturated rings. The molecule has 0 aliphatic carbocycles. The lowest BCUT2D eigenvalue weighted by Crippen LogP contribution is -2.25. The quantitative estimate of drug-likeness (QED) is 0.298. The molecule has 4 aromatic rings. The third kappa shape index (κ3) is 4.99. The van der Waals surface area contributed by atoms with Gasteiger partial charge in [0.15, 0.2) is 5.82 Å². The lowest BCUT2D eigenvalue weighted by Gasteiger charge is -2.12. The first-order valence-corrected chi connectivity index (χ1v) is 13.0. The number of unbranched alkanes of at least 4 members (excludes halogenated alkanes) is 1. The van der Waals surface area contributed by atoms with Crippen LogP contribution >= 0.6 is 23.2 Å². The minimum Gasteiger partial charge on any atom is -0.384 e. The highest BCUT2D eigenvalue weighted by atomic mass is 35.5. The number of hydrogen-bond acceptors (Lipinski definition) is 6. The van der Waals surface area contributed by atoms with Crippen LogP contribution in [0.2, 0.25) is 10.0 Å². The second-order valence-corrected chi connectivity index (χ2v) is 10.3. The normalized spacial score (nSPS) is 12.1. The van der Waals surface area contributed by atoms with E-state index in [-0.39, 0.29) is 21.5 Å². The minimum atomic E-state index is -3.76. The third-order valence-corrected chi connectivity index (χ3v) is 7.96. The van der Waals surface area contributed by atoms with Crippen LogP contribution < -0.4 is 10.5 Å². The minimum absolute atomic E-state index is 0.0161.